The summed E-state index contributed by atoms with van der Waals surface area (Å²) in [6.45, 7) is 1.92. The van der Waals surface area contributed by atoms with Gasteiger partial charge in [0.1, 0.15) is 6.10 Å². The van der Waals surface area contributed by atoms with Gasteiger partial charge in [-0.1, -0.05) is 12.1 Å². The van der Waals surface area contributed by atoms with E-state index in [2.05, 4.69) is 15.0 Å². The molecule has 0 aliphatic rings. The molecule has 0 radical (unpaired) electrons. The van der Waals surface area contributed by atoms with E-state index in [1.54, 1.807) is 23.7 Å². The van der Waals surface area contributed by atoms with E-state index in [1.807, 2.05) is 31.2 Å². The Balaban J connectivity index is 1.82. The van der Waals surface area contributed by atoms with Crippen molar-refractivity contribution in [3.8, 4) is 0 Å². The van der Waals surface area contributed by atoms with Crippen molar-refractivity contribution >= 4 is 21.6 Å². The normalized spacial score (nSPS) is 12.7. The Bertz CT molecular complexity index is 660. The van der Waals surface area contributed by atoms with Crippen LogP contribution in [0.4, 0.5) is 0 Å². The van der Waals surface area contributed by atoms with Gasteiger partial charge in [-0.25, -0.2) is 15.0 Å². The predicted molar refractivity (Wildman–Crippen MR) is 75.1 cm³/mol. The van der Waals surface area contributed by atoms with Crippen molar-refractivity contribution in [1.82, 2.24) is 15.0 Å². The lowest BCUT2D eigenvalue weighted by molar-refractivity contribution is 0.168. The zero-order valence-electron chi connectivity index (χ0n) is 10.4. The molecular weight excluding hydrogens is 258 g/mol. The van der Waals surface area contributed by atoms with E-state index in [-0.39, 0.29) is 0 Å². The minimum atomic E-state index is -0.707. The third-order valence-electron chi connectivity index (χ3n) is 2.81. The van der Waals surface area contributed by atoms with E-state index >= 15 is 0 Å². The second-order valence-corrected chi connectivity index (χ2v) is 5.53. The molecule has 4 nitrogen and oxygen atoms in total. The molecule has 2 heterocycles. The molecule has 0 aliphatic heterocycles. The summed E-state index contributed by atoms with van der Waals surface area (Å²) in [6, 6.07) is 7.96. The van der Waals surface area contributed by atoms with E-state index in [9.17, 15) is 5.11 Å². The molecule has 1 atom stereocenters. The monoisotopic (exact) mass is 271 g/mol. The quantitative estimate of drug-likeness (QED) is 0.795. The average Bonchev–Trinajstić information content (AvgIpc) is 2.81. The SMILES string of the molecule is Cc1cnc(C(O)Cc2nc3ccccc3s2)nc1. The fourth-order valence-electron chi connectivity index (χ4n) is 1.84. The summed E-state index contributed by atoms with van der Waals surface area (Å²) in [4.78, 5) is 12.8. The maximum Gasteiger partial charge on any atom is 0.157 e. The number of aliphatic hydroxyl groups excluding tert-OH is 1. The smallest absolute Gasteiger partial charge is 0.157 e. The molecule has 0 spiro atoms. The molecule has 96 valence electrons. The van der Waals surface area contributed by atoms with Crippen molar-refractivity contribution in [3.63, 3.8) is 0 Å². The van der Waals surface area contributed by atoms with Gasteiger partial charge in [-0.05, 0) is 24.6 Å². The number of rotatable bonds is 3. The molecule has 0 saturated carbocycles. The van der Waals surface area contributed by atoms with Crippen LogP contribution in [0.3, 0.4) is 0 Å². The highest BCUT2D eigenvalue weighted by Crippen LogP contribution is 2.25. The molecule has 3 rings (SSSR count). The largest absolute Gasteiger partial charge is 0.385 e. The summed E-state index contributed by atoms with van der Waals surface area (Å²) in [5.41, 5.74) is 1.95. The first kappa shape index (κ1) is 12.2. The summed E-state index contributed by atoms with van der Waals surface area (Å²) in [7, 11) is 0. The predicted octanol–water partition coefficient (Wildman–Crippen LogP) is 2.67. The highest BCUT2D eigenvalue weighted by atomic mass is 32.1. The van der Waals surface area contributed by atoms with Crippen LogP contribution in [0.2, 0.25) is 0 Å². The molecular formula is C14H13N3OS. The van der Waals surface area contributed by atoms with Gasteiger partial charge in [0.25, 0.3) is 0 Å². The first-order valence-electron chi connectivity index (χ1n) is 6.03. The van der Waals surface area contributed by atoms with Gasteiger partial charge in [0, 0.05) is 18.8 Å². The van der Waals surface area contributed by atoms with Crippen LogP contribution >= 0.6 is 11.3 Å². The molecule has 0 fully saturated rings. The standard InChI is InChI=1S/C14H13N3OS/c1-9-7-15-14(16-8-9)11(18)6-13-17-10-4-2-3-5-12(10)19-13/h2-5,7-8,11,18H,6H2,1H3. The van der Waals surface area contributed by atoms with Crippen molar-refractivity contribution in [2.45, 2.75) is 19.4 Å². The number of aromatic nitrogens is 3. The van der Waals surface area contributed by atoms with Crippen LogP contribution in [0.1, 0.15) is 22.5 Å². The van der Waals surface area contributed by atoms with Gasteiger partial charge in [0.05, 0.1) is 15.2 Å². The van der Waals surface area contributed by atoms with Crippen molar-refractivity contribution < 1.29 is 5.11 Å². The van der Waals surface area contributed by atoms with Gasteiger partial charge in [0.2, 0.25) is 0 Å². The first-order valence-corrected chi connectivity index (χ1v) is 6.85. The average molecular weight is 271 g/mol. The van der Waals surface area contributed by atoms with Crippen molar-refractivity contribution in [3.05, 3.63) is 53.1 Å². The van der Waals surface area contributed by atoms with Crippen molar-refractivity contribution in [2.24, 2.45) is 0 Å². The zero-order valence-corrected chi connectivity index (χ0v) is 11.3. The molecule has 1 N–H and O–H groups in total. The maximum absolute atomic E-state index is 10.1. The Morgan fingerprint density at radius 1 is 1.21 bits per heavy atom. The number of nitrogens with zero attached hydrogens (tertiary/aromatic N) is 3. The lowest BCUT2D eigenvalue weighted by Gasteiger charge is -2.06. The molecule has 3 aromatic rings. The number of hydrogen-bond acceptors (Lipinski definition) is 5. The minimum Gasteiger partial charge on any atom is -0.385 e. The van der Waals surface area contributed by atoms with Crippen LogP contribution in [-0.2, 0) is 6.42 Å². The second-order valence-electron chi connectivity index (χ2n) is 4.41. The highest BCUT2D eigenvalue weighted by Gasteiger charge is 2.14. The van der Waals surface area contributed by atoms with Gasteiger partial charge >= 0.3 is 0 Å². The number of benzene rings is 1. The highest BCUT2D eigenvalue weighted by molar-refractivity contribution is 7.18. The van der Waals surface area contributed by atoms with Gasteiger partial charge < -0.3 is 5.11 Å². The number of aryl methyl sites for hydroxylation is 1. The zero-order chi connectivity index (χ0) is 13.2. The third-order valence-corrected chi connectivity index (χ3v) is 3.86. The van der Waals surface area contributed by atoms with Crippen LogP contribution in [-0.4, -0.2) is 20.1 Å². The molecule has 0 bridgehead atoms. The van der Waals surface area contributed by atoms with E-state index in [4.69, 9.17) is 0 Å². The fourth-order valence-corrected chi connectivity index (χ4v) is 2.84. The number of aliphatic hydroxyl groups is 1. The topological polar surface area (TPSA) is 58.9 Å². The van der Waals surface area contributed by atoms with E-state index in [0.717, 1.165) is 20.8 Å². The van der Waals surface area contributed by atoms with Crippen LogP contribution in [0.25, 0.3) is 10.2 Å². The first-order chi connectivity index (χ1) is 9.22. The van der Waals surface area contributed by atoms with Gasteiger partial charge in [-0.2, -0.15) is 0 Å². The number of hydrogen-bond donors (Lipinski definition) is 1. The summed E-state index contributed by atoms with van der Waals surface area (Å²) in [5, 5.41) is 11.0. The van der Waals surface area contributed by atoms with E-state index < -0.39 is 6.10 Å². The fraction of sp³-hybridized carbons (Fsp3) is 0.214. The molecule has 0 saturated heterocycles. The van der Waals surface area contributed by atoms with Crippen LogP contribution < -0.4 is 0 Å². The van der Waals surface area contributed by atoms with Crippen molar-refractivity contribution in [1.29, 1.82) is 0 Å². The minimum absolute atomic E-state index is 0.447. The number of thiazole rings is 1. The Labute approximate surface area is 114 Å². The Hall–Kier alpha value is -1.85. The lowest BCUT2D eigenvalue weighted by Crippen LogP contribution is -2.06. The molecule has 0 aliphatic carbocycles. The third kappa shape index (κ3) is 2.62. The Morgan fingerprint density at radius 3 is 2.68 bits per heavy atom. The summed E-state index contributed by atoms with van der Waals surface area (Å²) in [5.74, 6) is 0.449. The molecule has 19 heavy (non-hydrogen) atoms. The van der Waals surface area contributed by atoms with Crippen LogP contribution in [0, 0.1) is 6.92 Å². The summed E-state index contributed by atoms with van der Waals surface area (Å²) < 4.78 is 1.13. The summed E-state index contributed by atoms with van der Waals surface area (Å²) in [6.07, 6.45) is 3.16. The Morgan fingerprint density at radius 2 is 1.95 bits per heavy atom. The molecule has 2 aromatic heterocycles. The van der Waals surface area contributed by atoms with Crippen molar-refractivity contribution in [2.75, 3.05) is 0 Å². The van der Waals surface area contributed by atoms with Gasteiger partial charge in [-0.15, -0.1) is 11.3 Å². The van der Waals surface area contributed by atoms with Crippen LogP contribution in [0.5, 0.6) is 0 Å². The van der Waals surface area contributed by atoms with E-state index in [1.165, 1.54) is 0 Å². The van der Waals surface area contributed by atoms with Crippen LogP contribution in [0.15, 0.2) is 36.7 Å². The van der Waals surface area contributed by atoms with Gasteiger partial charge in [-0.3, -0.25) is 0 Å². The maximum atomic E-state index is 10.1. The van der Waals surface area contributed by atoms with E-state index in [0.29, 0.717) is 12.2 Å². The van der Waals surface area contributed by atoms with Gasteiger partial charge in [0.15, 0.2) is 5.82 Å². The number of fused-ring (bicyclic) bond motifs is 1. The molecule has 1 aromatic carbocycles. The summed E-state index contributed by atoms with van der Waals surface area (Å²) >= 11 is 1.60. The number of para-hydroxylation sites is 1. The molecule has 1 unspecified atom stereocenters. The second kappa shape index (κ2) is 5.03. The Kier molecular flexibility index (Phi) is 3.23. The lowest BCUT2D eigenvalue weighted by atomic mass is 10.2. The molecule has 0 amide bonds. The molecule has 5 heteroatoms.